The van der Waals surface area contributed by atoms with Gasteiger partial charge in [0.05, 0.1) is 17.4 Å². The third kappa shape index (κ3) is 4.61. The van der Waals surface area contributed by atoms with Crippen LogP contribution in [0.3, 0.4) is 0 Å². The van der Waals surface area contributed by atoms with E-state index < -0.39 is 0 Å². The second-order valence-corrected chi connectivity index (χ2v) is 9.59. The number of nitrogens with zero attached hydrogens (tertiary/aromatic N) is 1. The number of hydrogen-bond donors (Lipinski definition) is 3. The van der Waals surface area contributed by atoms with Crippen LogP contribution in [-0.2, 0) is 15.6 Å². The standard InChI is InChI=1S/C20H30N2O3S/c1-19(2,3)14-9-13(10-15(18(14)25)20(4,5)6)11-17-22(21-7-8-23)16(24)12-26-17/h9-11,21,23,25H,7-8,12H2,1-6H3. The van der Waals surface area contributed by atoms with E-state index in [9.17, 15) is 9.90 Å². The average Bonchev–Trinajstić information content (AvgIpc) is 2.84. The first-order chi connectivity index (χ1) is 11.9. The Kier molecular flexibility index (Phi) is 6.10. The van der Waals surface area contributed by atoms with Gasteiger partial charge < -0.3 is 10.2 Å². The van der Waals surface area contributed by atoms with Gasteiger partial charge in [-0.15, -0.1) is 0 Å². The van der Waals surface area contributed by atoms with E-state index in [-0.39, 0.29) is 23.3 Å². The summed E-state index contributed by atoms with van der Waals surface area (Å²) in [4.78, 5) is 12.1. The van der Waals surface area contributed by atoms with Gasteiger partial charge in [-0.25, -0.2) is 10.4 Å². The molecule has 26 heavy (non-hydrogen) atoms. The van der Waals surface area contributed by atoms with Crippen molar-refractivity contribution in [1.29, 1.82) is 0 Å². The largest absolute Gasteiger partial charge is 0.507 e. The maximum absolute atomic E-state index is 12.1. The number of hydrazine groups is 1. The summed E-state index contributed by atoms with van der Waals surface area (Å²) in [5.74, 6) is 0.693. The smallest absolute Gasteiger partial charge is 0.252 e. The van der Waals surface area contributed by atoms with Crippen molar-refractivity contribution in [2.45, 2.75) is 52.4 Å². The zero-order valence-corrected chi connectivity index (χ0v) is 17.3. The summed E-state index contributed by atoms with van der Waals surface area (Å²) in [6.45, 7) is 12.7. The van der Waals surface area contributed by atoms with Gasteiger partial charge in [0.2, 0.25) is 0 Å². The first-order valence-corrected chi connectivity index (χ1v) is 9.83. The van der Waals surface area contributed by atoms with Crippen LogP contribution in [0.1, 0.15) is 58.2 Å². The molecule has 1 heterocycles. The summed E-state index contributed by atoms with van der Waals surface area (Å²) in [7, 11) is 0. The molecule has 1 aliphatic rings. The first kappa shape index (κ1) is 20.8. The van der Waals surface area contributed by atoms with Crippen LogP contribution in [0.2, 0.25) is 0 Å². The number of thioether (sulfide) groups is 1. The van der Waals surface area contributed by atoms with Gasteiger partial charge in [-0.2, -0.15) is 0 Å². The summed E-state index contributed by atoms with van der Waals surface area (Å²) >= 11 is 1.47. The van der Waals surface area contributed by atoms with Gasteiger partial charge in [-0.05, 0) is 34.6 Å². The van der Waals surface area contributed by atoms with Crippen molar-refractivity contribution in [2.24, 2.45) is 0 Å². The minimum absolute atomic E-state index is 0.0273. The molecule has 2 rings (SSSR count). The molecule has 1 saturated heterocycles. The molecular formula is C20H30N2O3S. The molecule has 0 aromatic heterocycles. The lowest BCUT2D eigenvalue weighted by Crippen LogP contribution is -2.39. The highest BCUT2D eigenvalue weighted by Crippen LogP contribution is 2.41. The fourth-order valence-corrected chi connectivity index (χ4v) is 3.76. The number of rotatable bonds is 4. The fraction of sp³-hybridized carbons (Fsp3) is 0.550. The summed E-state index contributed by atoms with van der Waals surface area (Å²) in [5, 5.41) is 22.1. The van der Waals surface area contributed by atoms with Crippen LogP contribution in [0.4, 0.5) is 0 Å². The maximum atomic E-state index is 12.1. The second-order valence-electron chi connectivity index (χ2n) is 8.60. The number of phenols is 1. The number of aliphatic hydroxyl groups excluding tert-OH is 1. The van der Waals surface area contributed by atoms with Crippen LogP contribution >= 0.6 is 11.8 Å². The average molecular weight is 379 g/mol. The highest BCUT2D eigenvalue weighted by Gasteiger charge is 2.29. The van der Waals surface area contributed by atoms with Gasteiger partial charge in [-0.3, -0.25) is 4.79 Å². The van der Waals surface area contributed by atoms with E-state index in [4.69, 9.17) is 5.11 Å². The van der Waals surface area contributed by atoms with E-state index in [1.165, 1.54) is 16.8 Å². The molecule has 1 aromatic rings. The topological polar surface area (TPSA) is 72.8 Å². The molecule has 0 atom stereocenters. The summed E-state index contributed by atoms with van der Waals surface area (Å²) in [6, 6.07) is 3.98. The normalized spacial score (nSPS) is 17.4. The highest BCUT2D eigenvalue weighted by atomic mass is 32.2. The van der Waals surface area contributed by atoms with Crippen molar-refractivity contribution in [3.05, 3.63) is 33.9 Å². The van der Waals surface area contributed by atoms with Crippen molar-refractivity contribution < 1.29 is 15.0 Å². The number of hydrogen-bond acceptors (Lipinski definition) is 5. The molecule has 0 radical (unpaired) electrons. The van der Waals surface area contributed by atoms with E-state index in [0.29, 0.717) is 18.0 Å². The Labute approximate surface area is 160 Å². The molecule has 0 unspecified atom stereocenters. The molecule has 1 fully saturated rings. The van der Waals surface area contributed by atoms with Crippen LogP contribution in [-0.4, -0.2) is 40.0 Å². The van der Waals surface area contributed by atoms with E-state index in [2.05, 4.69) is 47.0 Å². The molecular weight excluding hydrogens is 348 g/mol. The Morgan fingerprint density at radius 1 is 1.15 bits per heavy atom. The van der Waals surface area contributed by atoms with Crippen LogP contribution in [0, 0.1) is 0 Å². The highest BCUT2D eigenvalue weighted by molar-refractivity contribution is 8.04. The minimum Gasteiger partial charge on any atom is -0.507 e. The third-order valence-electron chi connectivity index (χ3n) is 4.23. The molecule has 5 nitrogen and oxygen atoms in total. The van der Waals surface area contributed by atoms with Gasteiger partial charge in [0.15, 0.2) is 0 Å². The zero-order valence-electron chi connectivity index (χ0n) is 16.5. The number of benzene rings is 1. The number of aliphatic hydroxyl groups is 1. The van der Waals surface area contributed by atoms with Gasteiger partial charge in [0.25, 0.3) is 5.91 Å². The van der Waals surface area contributed by atoms with Crippen molar-refractivity contribution in [3.8, 4) is 5.75 Å². The number of aromatic hydroxyl groups is 1. The molecule has 144 valence electrons. The summed E-state index contributed by atoms with van der Waals surface area (Å²) in [6.07, 6.45) is 1.96. The third-order valence-corrected chi connectivity index (χ3v) is 5.22. The van der Waals surface area contributed by atoms with Crippen LogP contribution in [0.15, 0.2) is 17.2 Å². The Morgan fingerprint density at radius 2 is 1.69 bits per heavy atom. The van der Waals surface area contributed by atoms with E-state index >= 15 is 0 Å². The van der Waals surface area contributed by atoms with E-state index in [1.807, 2.05) is 18.2 Å². The maximum Gasteiger partial charge on any atom is 0.252 e. The van der Waals surface area contributed by atoms with Crippen molar-refractivity contribution in [3.63, 3.8) is 0 Å². The van der Waals surface area contributed by atoms with Crippen molar-refractivity contribution in [1.82, 2.24) is 10.4 Å². The molecule has 1 aliphatic heterocycles. The molecule has 1 aromatic carbocycles. The number of phenolic OH excluding ortho intramolecular Hbond substituents is 1. The van der Waals surface area contributed by atoms with Gasteiger partial charge in [-0.1, -0.05) is 53.3 Å². The first-order valence-electron chi connectivity index (χ1n) is 8.85. The molecule has 0 saturated carbocycles. The fourth-order valence-electron chi connectivity index (χ4n) is 2.85. The van der Waals surface area contributed by atoms with Crippen LogP contribution < -0.4 is 5.43 Å². The lowest BCUT2D eigenvalue weighted by molar-refractivity contribution is -0.127. The number of carbonyl (C=O) groups is 1. The summed E-state index contributed by atoms with van der Waals surface area (Å²) < 4.78 is 0. The zero-order chi connectivity index (χ0) is 19.7. The van der Waals surface area contributed by atoms with E-state index in [1.54, 1.807) is 0 Å². The molecule has 0 aliphatic carbocycles. The lowest BCUT2D eigenvalue weighted by atomic mass is 9.78. The Bertz CT molecular complexity index is 680. The molecule has 1 amide bonds. The second kappa shape index (κ2) is 7.62. The number of carbonyl (C=O) groups excluding carboxylic acids is 1. The Morgan fingerprint density at radius 3 is 2.15 bits per heavy atom. The minimum atomic E-state index is -0.202. The van der Waals surface area contributed by atoms with Crippen molar-refractivity contribution >= 4 is 23.7 Å². The van der Waals surface area contributed by atoms with Crippen LogP contribution in [0.25, 0.3) is 6.08 Å². The quantitative estimate of drug-likeness (QED) is 0.749. The molecule has 6 heteroatoms. The van der Waals surface area contributed by atoms with Gasteiger partial charge in [0.1, 0.15) is 5.75 Å². The van der Waals surface area contributed by atoms with Gasteiger partial charge >= 0.3 is 0 Å². The predicted molar refractivity (Wildman–Crippen MR) is 108 cm³/mol. The predicted octanol–water partition coefficient (Wildman–Crippen LogP) is 3.36. The summed E-state index contributed by atoms with van der Waals surface area (Å²) in [5.41, 5.74) is 5.27. The van der Waals surface area contributed by atoms with Gasteiger partial charge in [0, 0.05) is 17.7 Å². The Balaban J connectivity index is 2.54. The number of amides is 1. The van der Waals surface area contributed by atoms with Crippen molar-refractivity contribution in [2.75, 3.05) is 18.9 Å². The SMILES string of the molecule is CC(C)(C)c1cc(C=C2SCC(=O)N2NCCO)cc(C(C)(C)C)c1O. The monoisotopic (exact) mass is 378 g/mol. The molecule has 0 spiro atoms. The molecule has 3 N–H and O–H groups in total. The molecule has 0 bridgehead atoms. The van der Waals surface area contributed by atoms with Crippen LogP contribution in [0.5, 0.6) is 5.75 Å². The lowest BCUT2D eigenvalue weighted by Gasteiger charge is -2.28. The van der Waals surface area contributed by atoms with E-state index in [0.717, 1.165) is 21.7 Å². The Hall–Kier alpha value is -1.50. The number of nitrogens with one attached hydrogen (secondary N) is 1.